The van der Waals surface area contributed by atoms with Gasteiger partial charge in [-0.25, -0.2) is 0 Å². The number of piperidine rings is 1. The van der Waals surface area contributed by atoms with Crippen molar-refractivity contribution in [2.24, 2.45) is 0 Å². The third-order valence-electron chi connectivity index (χ3n) is 3.81. The van der Waals surface area contributed by atoms with Gasteiger partial charge in [0.05, 0.1) is 18.2 Å². The number of nitrogens with one attached hydrogen (secondary N) is 2. The van der Waals surface area contributed by atoms with E-state index in [-0.39, 0.29) is 30.8 Å². The predicted molar refractivity (Wildman–Crippen MR) is 68.2 cm³/mol. The molecule has 2 atom stereocenters. The number of ether oxygens (including phenoxy) is 1. The zero-order valence-electron chi connectivity index (χ0n) is 10.9. The maximum atomic E-state index is 11.7. The lowest BCUT2D eigenvalue weighted by molar-refractivity contribution is -0.130. The van der Waals surface area contributed by atoms with Crippen LogP contribution in [0.4, 0.5) is 0 Å². The molecule has 1 amide bonds. The summed E-state index contributed by atoms with van der Waals surface area (Å²) in [5, 5.41) is 15.9. The van der Waals surface area contributed by atoms with Crippen LogP contribution in [0.3, 0.4) is 0 Å². The van der Waals surface area contributed by atoms with Crippen molar-refractivity contribution in [1.82, 2.24) is 10.6 Å². The molecule has 18 heavy (non-hydrogen) atoms. The molecule has 0 bridgehead atoms. The number of carbonyl (C=O) groups excluding carboxylic acids is 1. The lowest BCUT2D eigenvalue weighted by Gasteiger charge is -2.29. The molecule has 1 aliphatic carbocycles. The van der Waals surface area contributed by atoms with Gasteiger partial charge in [-0.3, -0.25) is 4.79 Å². The van der Waals surface area contributed by atoms with Crippen LogP contribution >= 0.6 is 0 Å². The molecule has 1 heterocycles. The number of carbonyl (C=O) groups is 1. The van der Waals surface area contributed by atoms with E-state index < -0.39 is 0 Å². The van der Waals surface area contributed by atoms with Gasteiger partial charge in [-0.15, -0.1) is 0 Å². The summed E-state index contributed by atoms with van der Waals surface area (Å²) >= 11 is 0. The van der Waals surface area contributed by atoms with Crippen molar-refractivity contribution < 1.29 is 14.6 Å². The van der Waals surface area contributed by atoms with Gasteiger partial charge in [0.2, 0.25) is 5.91 Å². The summed E-state index contributed by atoms with van der Waals surface area (Å²) in [6, 6.07) is -0.0807. The van der Waals surface area contributed by atoms with Crippen molar-refractivity contribution in [2.75, 3.05) is 19.7 Å². The van der Waals surface area contributed by atoms with E-state index in [0.29, 0.717) is 0 Å². The number of amides is 1. The highest BCUT2D eigenvalue weighted by Gasteiger charge is 2.24. The molecule has 1 saturated heterocycles. The number of hydrogen-bond donors (Lipinski definition) is 3. The zero-order chi connectivity index (χ0) is 12.8. The Morgan fingerprint density at radius 3 is 2.67 bits per heavy atom. The molecule has 0 aromatic rings. The van der Waals surface area contributed by atoms with Crippen LogP contribution in [0, 0.1) is 0 Å². The Morgan fingerprint density at radius 2 is 1.94 bits per heavy atom. The van der Waals surface area contributed by atoms with Crippen molar-refractivity contribution in [3.05, 3.63) is 0 Å². The van der Waals surface area contributed by atoms with Gasteiger partial charge in [-0.2, -0.15) is 0 Å². The first-order valence-electron chi connectivity index (χ1n) is 7.05. The van der Waals surface area contributed by atoms with Crippen molar-refractivity contribution in [1.29, 1.82) is 0 Å². The summed E-state index contributed by atoms with van der Waals surface area (Å²) in [4.78, 5) is 11.7. The van der Waals surface area contributed by atoms with E-state index in [2.05, 4.69) is 10.6 Å². The van der Waals surface area contributed by atoms with Crippen LogP contribution in [0.25, 0.3) is 0 Å². The van der Waals surface area contributed by atoms with Crippen LogP contribution in [0.1, 0.15) is 38.5 Å². The van der Waals surface area contributed by atoms with Gasteiger partial charge in [0.25, 0.3) is 0 Å². The minimum Gasteiger partial charge on any atom is -0.391 e. The molecule has 0 aromatic carbocycles. The SMILES string of the molecule is O=C(COC1CCNCC1)N[C@H]1CCCC[C@@H]1O. The van der Waals surface area contributed by atoms with Gasteiger partial charge in [0, 0.05) is 0 Å². The van der Waals surface area contributed by atoms with E-state index >= 15 is 0 Å². The maximum Gasteiger partial charge on any atom is 0.246 e. The first-order valence-corrected chi connectivity index (χ1v) is 7.05. The molecule has 0 unspecified atom stereocenters. The second kappa shape index (κ2) is 7.07. The van der Waals surface area contributed by atoms with Gasteiger partial charge < -0.3 is 20.5 Å². The molecular formula is C13H24N2O3. The molecule has 0 aromatic heterocycles. The number of aliphatic hydroxyl groups is 1. The minimum absolute atomic E-state index is 0.0807. The van der Waals surface area contributed by atoms with Crippen molar-refractivity contribution in [3.8, 4) is 0 Å². The fourth-order valence-electron chi connectivity index (χ4n) is 2.68. The van der Waals surface area contributed by atoms with Gasteiger partial charge in [-0.1, -0.05) is 12.8 Å². The van der Waals surface area contributed by atoms with Crippen molar-refractivity contribution in [2.45, 2.75) is 56.8 Å². The summed E-state index contributed by atoms with van der Waals surface area (Å²) in [5.74, 6) is -0.0977. The lowest BCUT2D eigenvalue weighted by Crippen LogP contribution is -2.46. The largest absolute Gasteiger partial charge is 0.391 e. The summed E-state index contributed by atoms with van der Waals surface area (Å²) in [6.07, 6.45) is 5.56. The maximum absolute atomic E-state index is 11.7. The second-order valence-electron chi connectivity index (χ2n) is 5.29. The normalized spacial score (nSPS) is 30.1. The van der Waals surface area contributed by atoms with Crippen LogP contribution < -0.4 is 10.6 Å². The second-order valence-corrected chi connectivity index (χ2v) is 5.29. The molecule has 0 spiro atoms. The molecule has 1 aliphatic heterocycles. The topological polar surface area (TPSA) is 70.6 Å². The quantitative estimate of drug-likeness (QED) is 0.671. The summed E-state index contributed by atoms with van der Waals surface area (Å²) in [6.45, 7) is 2.05. The van der Waals surface area contributed by atoms with Gasteiger partial charge in [0.15, 0.2) is 0 Å². The van der Waals surface area contributed by atoms with E-state index in [1.807, 2.05) is 0 Å². The van der Waals surface area contributed by atoms with Crippen LogP contribution in [-0.2, 0) is 9.53 Å². The number of aliphatic hydroxyl groups excluding tert-OH is 1. The van der Waals surface area contributed by atoms with E-state index in [1.54, 1.807) is 0 Å². The van der Waals surface area contributed by atoms with E-state index in [4.69, 9.17) is 4.74 Å². The first kappa shape index (κ1) is 13.8. The summed E-state index contributed by atoms with van der Waals surface area (Å²) in [5.41, 5.74) is 0. The molecule has 2 rings (SSSR count). The highest BCUT2D eigenvalue weighted by Crippen LogP contribution is 2.18. The minimum atomic E-state index is -0.387. The highest BCUT2D eigenvalue weighted by atomic mass is 16.5. The molecule has 1 saturated carbocycles. The third-order valence-corrected chi connectivity index (χ3v) is 3.81. The Balaban J connectivity index is 1.64. The Kier molecular flexibility index (Phi) is 5.41. The van der Waals surface area contributed by atoms with Crippen molar-refractivity contribution >= 4 is 5.91 Å². The Hall–Kier alpha value is -0.650. The van der Waals surface area contributed by atoms with Crippen LogP contribution in [-0.4, -0.2) is 49.0 Å². The molecule has 2 fully saturated rings. The molecular weight excluding hydrogens is 232 g/mol. The molecule has 5 nitrogen and oxygen atoms in total. The fraction of sp³-hybridized carbons (Fsp3) is 0.923. The molecule has 5 heteroatoms. The van der Waals surface area contributed by atoms with Crippen LogP contribution in [0.2, 0.25) is 0 Å². The average Bonchev–Trinajstić information content (AvgIpc) is 2.40. The van der Waals surface area contributed by atoms with Gasteiger partial charge in [-0.05, 0) is 38.8 Å². The van der Waals surface area contributed by atoms with E-state index in [9.17, 15) is 9.90 Å². The molecule has 104 valence electrons. The standard InChI is InChI=1S/C13H24N2O3/c16-12-4-2-1-3-11(12)15-13(17)9-18-10-5-7-14-8-6-10/h10-12,14,16H,1-9H2,(H,15,17)/t11-,12-/m0/s1. The third kappa shape index (κ3) is 4.23. The molecule has 3 N–H and O–H groups in total. The molecule has 2 aliphatic rings. The van der Waals surface area contributed by atoms with E-state index in [1.165, 1.54) is 0 Å². The van der Waals surface area contributed by atoms with Crippen molar-refractivity contribution in [3.63, 3.8) is 0 Å². The summed E-state index contributed by atoms with van der Waals surface area (Å²) in [7, 11) is 0. The van der Waals surface area contributed by atoms with E-state index in [0.717, 1.165) is 51.6 Å². The predicted octanol–water partition coefficient (Wildman–Crippen LogP) is 0.175. The molecule has 0 radical (unpaired) electrons. The monoisotopic (exact) mass is 256 g/mol. The average molecular weight is 256 g/mol. The lowest BCUT2D eigenvalue weighted by atomic mass is 9.92. The summed E-state index contributed by atoms with van der Waals surface area (Å²) < 4.78 is 5.59. The highest BCUT2D eigenvalue weighted by molar-refractivity contribution is 5.77. The number of rotatable bonds is 4. The first-order chi connectivity index (χ1) is 8.75. The Bertz CT molecular complexity index is 267. The Morgan fingerprint density at radius 1 is 1.22 bits per heavy atom. The smallest absolute Gasteiger partial charge is 0.246 e. The van der Waals surface area contributed by atoms with Gasteiger partial charge in [0.1, 0.15) is 6.61 Å². The van der Waals surface area contributed by atoms with Crippen LogP contribution in [0.15, 0.2) is 0 Å². The Labute approximate surface area is 108 Å². The van der Waals surface area contributed by atoms with Crippen LogP contribution in [0.5, 0.6) is 0 Å². The van der Waals surface area contributed by atoms with Gasteiger partial charge >= 0.3 is 0 Å². The number of hydrogen-bond acceptors (Lipinski definition) is 4. The zero-order valence-corrected chi connectivity index (χ0v) is 10.9. The fourth-order valence-corrected chi connectivity index (χ4v) is 2.68.